The van der Waals surface area contributed by atoms with E-state index < -0.39 is 0 Å². The Morgan fingerprint density at radius 2 is 1.00 bits per heavy atom. The lowest BCUT2D eigenvalue weighted by Crippen LogP contribution is -1.85. The van der Waals surface area contributed by atoms with Crippen molar-refractivity contribution in [2.75, 3.05) is 0 Å². The van der Waals surface area contributed by atoms with E-state index in [1.807, 2.05) is 0 Å². The minimum absolute atomic E-state index is 0. The summed E-state index contributed by atoms with van der Waals surface area (Å²) < 4.78 is 0. The summed E-state index contributed by atoms with van der Waals surface area (Å²) in [5.41, 5.74) is 6.34. The van der Waals surface area contributed by atoms with Crippen LogP contribution in [-0.2, 0) is 0 Å². The quantitative estimate of drug-likeness (QED) is 0.380. The maximum Gasteiger partial charge on any atom is 0.0342 e. The molecule has 1 aromatic heterocycles. The lowest BCUT2D eigenvalue weighted by molar-refractivity contribution is 1.58. The molecule has 0 amide bonds. The van der Waals surface area contributed by atoms with Crippen LogP contribution in [0.1, 0.15) is 0 Å². The van der Waals surface area contributed by atoms with Gasteiger partial charge in [-0.3, -0.25) is 0 Å². The lowest BCUT2D eigenvalue weighted by atomic mass is 9.94. The molecule has 0 aliphatic heterocycles. The highest BCUT2D eigenvalue weighted by molar-refractivity contribution is 7.59. The molecule has 0 fully saturated rings. The Kier molecular flexibility index (Phi) is 5.19. The molecule has 0 N–H and O–H groups in total. The Morgan fingerprint density at radius 3 is 1.58 bits per heavy atom. The van der Waals surface area contributed by atoms with Crippen molar-refractivity contribution in [3.63, 3.8) is 0 Å². The number of hydrogen-bond donors (Lipinski definition) is 0. The van der Waals surface area contributed by atoms with E-state index in [9.17, 15) is 0 Å². The van der Waals surface area contributed by atoms with Crippen LogP contribution >= 0.6 is 24.8 Å². The van der Waals surface area contributed by atoms with Crippen LogP contribution in [0.2, 0.25) is 0 Å². The fourth-order valence-electron chi connectivity index (χ4n) is 2.86. The van der Waals surface area contributed by atoms with Gasteiger partial charge >= 0.3 is 0 Å². The molecular weight excluding hydrogens is 328 g/mol. The number of benzene rings is 3. The second-order valence-electron chi connectivity index (χ2n) is 5.47. The van der Waals surface area contributed by atoms with Crippen LogP contribution in [0.25, 0.3) is 32.7 Å². The van der Waals surface area contributed by atoms with Gasteiger partial charge in [0.1, 0.15) is 0 Å². The second kappa shape index (κ2) is 7.52. The molecule has 0 aliphatic carbocycles. The Balaban J connectivity index is 0.00000169. The number of thiophene rings is 1. The maximum absolute atomic E-state index is 2.22. The summed E-state index contributed by atoms with van der Waals surface area (Å²) >= 11 is 1.78. The van der Waals surface area contributed by atoms with Gasteiger partial charge in [0.15, 0.2) is 0 Å². The Hall–Kier alpha value is -2.29. The van der Waals surface area contributed by atoms with E-state index in [1.165, 1.54) is 32.7 Å². The van der Waals surface area contributed by atoms with Gasteiger partial charge in [0, 0.05) is 4.88 Å². The summed E-state index contributed by atoms with van der Waals surface area (Å²) in [5.74, 6) is 0. The SMILES string of the molecule is S.c1ccc(-c2ccccc2-c2ccc(-c3cccs3)cc2)cc1. The monoisotopic (exact) mass is 346 g/mol. The Morgan fingerprint density at radius 1 is 0.458 bits per heavy atom. The Bertz CT molecular complexity index is 892. The minimum Gasteiger partial charge on any atom is -0.197 e. The van der Waals surface area contributed by atoms with Gasteiger partial charge in [-0.1, -0.05) is 84.9 Å². The topological polar surface area (TPSA) is 0 Å². The molecule has 0 atom stereocenters. The third-order valence-electron chi connectivity index (χ3n) is 4.01. The van der Waals surface area contributed by atoms with Crippen LogP contribution in [0.5, 0.6) is 0 Å². The molecule has 0 radical (unpaired) electrons. The van der Waals surface area contributed by atoms with Crippen molar-refractivity contribution in [3.05, 3.63) is 96.4 Å². The van der Waals surface area contributed by atoms with Gasteiger partial charge in [0.25, 0.3) is 0 Å². The summed E-state index contributed by atoms with van der Waals surface area (Å²) in [4.78, 5) is 1.31. The first-order valence-electron chi connectivity index (χ1n) is 7.70. The summed E-state index contributed by atoms with van der Waals surface area (Å²) in [5, 5.41) is 2.12. The zero-order valence-corrected chi connectivity index (χ0v) is 15.0. The van der Waals surface area contributed by atoms with Crippen molar-refractivity contribution in [2.45, 2.75) is 0 Å². The fraction of sp³-hybridized carbons (Fsp3) is 0. The van der Waals surface area contributed by atoms with Gasteiger partial charge in [-0.25, -0.2) is 0 Å². The highest BCUT2D eigenvalue weighted by Gasteiger charge is 2.07. The molecule has 0 spiro atoms. The predicted molar refractivity (Wildman–Crippen MR) is 111 cm³/mol. The van der Waals surface area contributed by atoms with Crippen molar-refractivity contribution in [1.82, 2.24) is 0 Å². The van der Waals surface area contributed by atoms with E-state index in [2.05, 4.69) is 96.4 Å². The van der Waals surface area contributed by atoms with Gasteiger partial charge in [-0.2, -0.15) is 13.5 Å². The van der Waals surface area contributed by atoms with Crippen LogP contribution in [0.3, 0.4) is 0 Å². The molecule has 0 saturated heterocycles. The van der Waals surface area contributed by atoms with Crippen molar-refractivity contribution >= 4 is 24.8 Å². The summed E-state index contributed by atoms with van der Waals surface area (Å²) in [6.07, 6.45) is 0. The molecule has 0 saturated carbocycles. The predicted octanol–water partition coefficient (Wildman–Crippen LogP) is 6.86. The maximum atomic E-state index is 2.22. The van der Waals surface area contributed by atoms with E-state index in [0.29, 0.717) is 0 Å². The zero-order valence-electron chi connectivity index (χ0n) is 13.1. The van der Waals surface area contributed by atoms with E-state index in [-0.39, 0.29) is 13.5 Å². The first-order valence-corrected chi connectivity index (χ1v) is 8.58. The van der Waals surface area contributed by atoms with Crippen LogP contribution in [-0.4, -0.2) is 0 Å². The van der Waals surface area contributed by atoms with Gasteiger partial charge in [0.2, 0.25) is 0 Å². The van der Waals surface area contributed by atoms with E-state index in [1.54, 1.807) is 11.3 Å². The average molecular weight is 347 g/mol. The second-order valence-corrected chi connectivity index (χ2v) is 6.41. The summed E-state index contributed by atoms with van der Waals surface area (Å²) in [6.45, 7) is 0. The van der Waals surface area contributed by atoms with E-state index >= 15 is 0 Å². The van der Waals surface area contributed by atoms with Crippen LogP contribution < -0.4 is 0 Å². The van der Waals surface area contributed by atoms with Gasteiger partial charge in [0.05, 0.1) is 0 Å². The molecule has 2 heteroatoms. The van der Waals surface area contributed by atoms with Crippen molar-refractivity contribution < 1.29 is 0 Å². The van der Waals surface area contributed by atoms with Gasteiger partial charge in [-0.15, -0.1) is 11.3 Å². The van der Waals surface area contributed by atoms with Gasteiger partial charge < -0.3 is 0 Å². The van der Waals surface area contributed by atoms with Crippen LogP contribution in [0.15, 0.2) is 96.4 Å². The minimum atomic E-state index is 0. The highest BCUT2D eigenvalue weighted by atomic mass is 32.1. The largest absolute Gasteiger partial charge is 0.197 e. The Labute approximate surface area is 153 Å². The summed E-state index contributed by atoms with van der Waals surface area (Å²) in [6, 6.07) is 32.3. The van der Waals surface area contributed by atoms with Crippen LogP contribution in [0.4, 0.5) is 0 Å². The standard InChI is InChI=1S/C22H16S.H2S/c1-2-7-17(8-3-1)20-9-4-5-10-21(20)18-12-14-19(15-13-18)22-11-6-16-23-22;/h1-16H;1H2. The lowest BCUT2D eigenvalue weighted by Gasteiger charge is -2.10. The molecule has 4 aromatic rings. The summed E-state index contributed by atoms with van der Waals surface area (Å²) in [7, 11) is 0. The van der Waals surface area contributed by atoms with Crippen molar-refractivity contribution in [1.29, 1.82) is 0 Å². The highest BCUT2D eigenvalue weighted by Crippen LogP contribution is 2.33. The van der Waals surface area contributed by atoms with Gasteiger partial charge in [-0.05, 0) is 39.3 Å². The molecule has 0 nitrogen and oxygen atoms in total. The molecular formula is C22H18S2. The fourth-order valence-corrected chi connectivity index (χ4v) is 3.59. The normalized spacial score (nSPS) is 10.2. The molecule has 118 valence electrons. The zero-order chi connectivity index (χ0) is 15.5. The van der Waals surface area contributed by atoms with Crippen molar-refractivity contribution in [2.24, 2.45) is 0 Å². The first kappa shape index (κ1) is 16.6. The molecule has 0 bridgehead atoms. The van der Waals surface area contributed by atoms with E-state index in [4.69, 9.17) is 0 Å². The van der Waals surface area contributed by atoms with Crippen molar-refractivity contribution in [3.8, 4) is 32.7 Å². The molecule has 1 heterocycles. The van der Waals surface area contributed by atoms with Crippen LogP contribution in [0, 0.1) is 0 Å². The molecule has 0 aliphatic rings. The number of hydrogen-bond acceptors (Lipinski definition) is 1. The average Bonchev–Trinajstić information content (AvgIpc) is 3.17. The molecule has 24 heavy (non-hydrogen) atoms. The van der Waals surface area contributed by atoms with E-state index in [0.717, 1.165) is 0 Å². The smallest absolute Gasteiger partial charge is 0.0342 e. The third kappa shape index (κ3) is 3.30. The third-order valence-corrected chi connectivity index (χ3v) is 4.93. The first-order chi connectivity index (χ1) is 11.4. The molecule has 0 unspecified atom stereocenters. The molecule has 3 aromatic carbocycles. The molecule has 4 rings (SSSR count). The number of rotatable bonds is 3.